The lowest BCUT2D eigenvalue weighted by Crippen LogP contribution is -2.69. The van der Waals surface area contributed by atoms with Crippen molar-refractivity contribution in [1.29, 1.82) is 0 Å². The Bertz CT molecular complexity index is 1390. The molecule has 1 aromatic rings. The van der Waals surface area contributed by atoms with Crippen LogP contribution in [0.5, 0.6) is 5.75 Å². The third-order valence-corrected chi connectivity index (χ3v) is 9.74. The van der Waals surface area contributed by atoms with E-state index in [-0.39, 0.29) is 49.6 Å². The van der Waals surface area contributed by atoms with E-state index >= 15 is 0 Å². The molecule has 1 aromatic carbocycles. The number of ether oxygens (including phenoxy) is 3. The molecule has 2 aliphatic carbocycles. The van der Waals surface area contributed by atoms with Gasteiger partial charge in [0.25, 0.3) is 0 Å². The van der Waals surface area contributed by atoms with Crippen LogP contribution in [-0.2, 0) is 47.1 Å². The fourth-order valence-electron chi connectivity index (χ4n) is 7.75. The lowest BCUT2D eigenvalue weighted by atomic mass is 9.52. The van der Waals surface area contributed by atoms with E-state index < -0.39 is 47.1 Å². The minimum Gasteiger partial charge on any atom is -0.481 e. The average molecular weight is 628 g/mol. The lowest BCUT2D eigenvalue weighted by molar-refractivity contribution is -0.167. The number of hydrogen-bond acceptors (Lipinski definition) is 10. The minimum absolute atomic E-state index is 0.0286. The Morgan fingerprint density at radius 2 is 1.96 bits per heavy atom. The van der Waals surface area contributed by atoms with Crippen molar-refractivity contribution in [3.8, 4) is 5.75 Å². The van der Waals surface area contributed by atoms with Crippen LogP contribution < -0.4 is 15.4 Å². The van der Waals surface area contributed by atoms with Crippen molar-refractivity contribution in [3.05, 3.63) is 40.7 Å². The summed E-state index contributed by atoms with van der Waals surface area (Å²) in [4.78, 5) is 52.0. The number of rotatable bonds is 11. The Kier molecular flexibility index (Phi) is 9.30. The second kappa shape index (κ2) is 12.7. The van der Waals surface area contributed by atoms with Crippen LogP contribution in [0.15, 0.2) is 24.0 Å². The quantitative estimate of drug-likeness (QED) is 0.264. The molecule has 4 aliphatic rings. The maximum absolute atomic E-state index is 13.2. The maximum Gasteiger partial charge on any atom is 0.352 e. The minimum atomic E-state index is -1.24. The van der Waals surface area contributed by atoms with Gasteiger partial charge < -0.3 is 40.0 Å². The van der Waals surface area contributed by atoms with E-state index in [0.29, 0.717) is 30.6 Å². The highest BCUT2D eigenvalue weighted by Gasteiger charge is 2.70. The van der Waals surface area contributed by atoms with Crippen LogP contribution in [0.2, 0.25) is 0 Å². The number of nitrogens with one attached hydrogen (secondary N) is 2. The Labute approximate surface area is 263 Å². The van der Waals surface area contributed by atoms with Crippen LogP contribution in [0.4, 0.5) is 0 Å². The van der Waals surface area contributed by atoms with Crippen LogP contribution in [-0.4, -0.2) is 88.9 Å². The van der Waals surface area contributed by atoms with Gasteiger partial charge in [0.1, 0.15) is 17.6 Å². The molecule has 2 aliphatic heterocycles. The molecule has 45 heavy (non-hydrogen) atoms. The Hall–Kier alpha value is -3.48. The Balaban J connectivity index is 1.26. The third-order valence-electron chi connectivity index (χ3n) is 9.74. The molecule has 5 rings (SSSR count). The van der Waals surface area contributed by atoms with Gasteiger partial charge in [-0.25, -0.2) is 4.79 Å². The molecule has 2 amide bonds. The summed E-state index contributed by atoms with van der Waals surface area (Å²) in [6, 6.07) is 2.97. The van der Waals surface area contributed by atoms with Gasteiger partial charge in [-0.1, -0.05) is 26.0 Å². The van der Waals surface area contributed by atoms with Gasteiger partial charge in [0.2, 0.25) is 11.8 Å². The first-order valence-electron chi connectivity index (χ1n) is 15.8. The van der Waals surface area contributed by atoms with E-state index in [4.69, 9.17) is 14.2 Å². The first-order valence-corrected chi connectivity index (χ1v) is 15.8. The van der Waals surface area contributed by atoms with Crippen LogP contribution in [0.3, 0.4) is 0 Å². The third kappa shape index (κ3) is 5.83. The van der Waals surface area contributed by atoms with Crippen LogP contribution in [0.1, 0.15) is 76.5 Å². The average Bonchev–Trinajstić information content (AvgIpc) is 3.31. The first-order chi connectivity index (χ1) is 21.3. The van der Waals surface area contributed by atoms with Gasteiger partial charge in [-0.2, -0.15) is 0 Å². The predicted octanol–water partition coefficient (Wildman–Crippen LogP) is 1.38. The molecule has 6 atom stereocenters. The smallest absolute Gasteiger partial charge is 0.352 e. The molecule has 1 fully saturated rings. The molecule has 0 unspecified atom stereocenters. The number of esters is 2. The second-order valence-electron chi connectivity index (χ2n) is 13.2. The number of nitrogens with zero attached hydrogens (tertiary/aromatic N) is 1. The predicted molar refractivity (Wildman–Crippen MR) is 162 cm³/mol. The molecule has 0 saturated carbocycles. The van der Waals surface area contributed by atoms with Gasteiger partial charge in [0.15, 0.2) is 12.2 Å². The molecule has 12 nitrogen and oxygen atoms in total. The van der Waals surface area contributed by atoms with Crippen molar-refractivity contribution in [2.45, 2.75) is 108 Å². The summed E-state index contributed by atoms with van der Waals surface area (Å²) >= 11 is 0. The summed E-state index contributed by atoms with van der Waals surface area (Å²) in [5.41, 5.74) is 0.516. The van der Waals surface area contributed by atoms with E-state index in [1.54, 1.807) is 6.08 Å². The van der Waals surface area contributed by atoms with Gasteiger partial charge in [-0.3, -0.25) is 14.4 Å². The Morgan fingerprint density at radius 3 is 2.64 bits per heavy atom. The van der Waals surface area contributed by atoms with Crippen molar-refractivity contribution in [3.63, 3.8) is 0 Å². The summed E-state index contributed by atoms with van der Waals surface area (Å²) in [5, 5.41) is 27.8. The number of likely N-dealkylation sites (N-methyl/N-ethyl adjacent to an activating group) is 1. The molecule has 4 N–H and O–H groups in total. The van der Waals surface area contributed by atoms with Gasteiger partial charge in [-0.15, -0.1) is 0 Å². The van der Waals surface area contributed by atoms with Gasteiger partial charge in [0.05, 0.1) is 24.0 Å². The van der Waals surface area contributed by atoms with Gasteiger partial charge in [-0.05, 0) is 63.8 Å². The highest BCUT2D eigenvalue weighted by atomic mass is 16.6. The molecule has 2 bridgehead atoms. The van der Waals surface area contributed by atoms with E-state index in [2.05, 4.69) is 15.5 Å². The molecule has 1 spiro atoms. The number of hydrogen-bond donors (Lipinski definition) is 4. The Morgan fingerprint density at radius 1 is 1.20 bits per heavy atom. The molecular weight excluding hydrogens is 582 g/mol. The van der Waals surface area contributed by atoms with Crippen molar-refractivity contribution >= 4 is 23.8 Å². The highest BCUT2D eigenvalue weighted by Crippen LogP contribution is 2.64. The second-order valence-corrected chi connectivity index (χ2v) is 13.2. The molecular formula is C33H45N3O9. The molecule has 12 heteroatoms. The molecule has 0 radical (unpaired) electrons. The monoisotopic (exact) mass is 627 g/mol. The van der Waals surface area contributed by atoms with E-state index in [0.717, 1.165) is 24.1 Å². The first kappa shape index (κ1) is 32.9. The van der Waals surface area contributed by atoms with Crippen LogP contribution >= 0.6 is 0 Å². The molecule has 0 aromatic heterocycles. The SMILES string of the molecule is CC(=O)N[C@@H](CC(C)C)C(=O)NCCC(=O)O[C@@H](C)C(=O)OC1=CC[C@@]2(O)[C@H]3Cc4ccc(CO)c5c4[C@@]2(CCCN3C)[C@H]1O5. The summed E-state index contributed by atoms with van der Waals surface area (Å²) < 4.78 is 17.7. The lowest BCUT2D eigenvalue weighted by Gasteiger charge is -2.56. The number of aliphatic hydroxyl groups is 2. The van der Waals surface area contributed by atoms with E-state index in [1.165, 1.54) is 13.8 Å². The maximum atomic E-state index is 13.2. The van der Waals surface area contributed by atoms with E-state index in [9.17, 15) is 29.4 Å². The zero-order chi connectivity index (χ0) is 32.7. The number of benzene rings is 1. The normalized spacial score (nSPS) is 27.7. The van der Waals surface area contributed by atoms with E-state index in [1.807, 2.05) is 33.0 Å². The fraction of sp³-hybridized carbons (Fsp3) is 0.636. The molecule has 1 saturated heterocycles. The van der Waals surface area contributed by atoms with Crippen molar-refractivity contribution in [2.24, 2.45) is 5.92 Å². The number of carbonyl (C=O) groups is 4. The number of amides is 2. The van der Waals surface area contributed by atoms with Crippen molar-refractivity contribution < 1.29 is 43.6 Å². The highest BCUT2D eigenvalue weighted by molar-refractivity contribution is 5.87. The largest absolute Gasteiger partial charge is 0.481 e. The summed E-state index contributed by atoms with van der Waals surface area (Å²) in [6.45, 7) is 7.16. The standard InChI is InChI=1S/C33H45N3O9/c1-18(2)15-23(35-20(4)38)30(40)34-13-10-26(39)43-19(3)31(41)44-24-9-12-33(42)25-16-21-7-8-22(17-37)28-27(21)32(33,29(24)45-28)11-6-14-36(25)5/h7-9,18-19,23,25,29,37,42H,6,10-17H2,1-5H3,(H,34,40)(H,35,38)/t19-,23-,25+,29-,32-,33+/m0/s1. The number of likely N-dealkylation sites (tertiary alicyclic amines) is 1. The zero-order valence-electron chi connectivity index (χ0n) is 26.7. The van der Waals surface area contributed by atoms with Crippen molar-refractivity contribution in [2.75, 3.05) is 20.1 Å². The molecule has 2 heterocycles. The van der Waals surface area contributed by atoms with Crippen molar-refractivity contribution in [1.82, 2.24) is 15.5 Å². The van der Waals surface area contributed by atoms with Gasteiger partial charge in [0, 0.05) is 37.1 Å². The summed E-state index contributed by atoms with van der Waals surface area (Å²) in [5.74, 6) is -1.25. The molecule has 246 valence electrons. The van der Waals surface area contributed by atoms with Crippen LogP contribution in [0, 0.1) is 5.92 Å². The topological polar surface area (TPSA) is 164 Å². The zero-order valence-corrected chi connectivity index (χ0v) is 26.7. The number of aliphatic hydroxyl groups excluding tert-OH is 1. The van der Waals surface area contributed by atoms with Crippen LogP contribution in [0.25, 0.3) is 0 Å². The summed E-state index contributed by atoms with van der Waals surface area (Å²) in [6.07, 6.45) is 2.22. The number of carbonyl (C=O) groups excluding carboxylic acids is 4. The van der Waals surface area contributed by atoms with Gasteiger partial charge >= 0.3 is 11.9 Å². The fourth-order valence-corrected chi connectivity index (χ4v) is 7.75. The summed E-state index contributed by atoms with van der Waals surface area (Å²) in [7, 11) is 2.02.